The Balaban J connectivity index is 1.81. The molecule has 2 heterocycles. The summed E-state index contributed by atoms with van der Waals surface area (Å²) >= 11 is 0. The van der Waals surface area contributed by atoms with Gasteiger partial charge in [0.25, 0.3) is 0 Å². The number of carbonyl (C=O) groups is 2. The monoisotopic (exact) mass is 343 g/mol. The molecule has 0 bridgehead atoms. The third-order valence-corrected chi connectivity index (χ3v) is 4.27. The van der Waals surface area contributed by atoms with Crippen LogP contribution in [0.4, 0.5) is 11.4 Å². The highest BCUT2D eigenvalue weighted by molar-refractivity contribution is 5.98. The summed E-state index contributed by atoms with van der Waals surface area (Å²) in [7, 11) is 1.57. The second-order valence-electron chi connectivity index (χ2n) is 5.93. The van der Waals surface area contributed by atoms with Crippen LogP contribution in [0, 0.1) is 0 Å². The van der Waals surface area contributed by atoms with Gasteiger partial charge >= 0.3 is 0 Å². The maximum absolute atomic E-state index is 12.4. The molecule has 0 spiro atoms. The zero-order valence-electron chi connectivity index (χ0n) is 14.3. The van der Waals surface area contributed by atoms with Crippen LogP contribution in [-0.2, 0) is 9.59 Å². The molecule has 1 N–H and O–H groups in total. The van der Waals surface area contributed by atoms with E-state index in [1.807, 2.05) is 0 Å². The molecule has 0 saturated carbocycles. The van der Waals surface area contributed by atoms with E-state index in [1.54, 1.807) is 37.1 Å². The molecular formula is C17H21N5O3. The summed E-state index contributed by atoms with van der Waals surface area (Å²) < 4.78 is 6.86. The molecule has 25 heavy (non-hydrogen) atoms. The van der Waals surface area contributed by atoms with Gasteiger partial charge in [-0.15, -0.1) is 0 Å². The molecule has 132 valence electrons. The first kappa shape index (κ1) is 16.9. The second kappa shape index (κ2) is 7.33. The normalized spacial score (nSPS) is 15.8. The summed E-state index contributed by atoms with van der Waals surface area (Å²) in [5.41, 5.74) is 1.28. The van der Waals surface area contributed by atoms with Crippen molar-refractivity contribution < 1.29 is 14.3 Å². The predicted octanol–water partition coefficient (Wildman–Crippen LogP) is 2.00. The van der Waals surface area contributed by atoms with Gasteiger partial charge in [-0.3, -0.25) is 9.59 Å². The van der Waals surface area contributed by atoms with Gasteiger partial charge in [-0.1, -0.05) is 0 Å². The minimum absolute atomic E-state index is 0.0732. The lowest BCUT2D eigenvalue weighted by Gasteiger charge is -2.28. The minimum atomic E-state index is -0.496. The van der Waals surface area contributed by atoms with Crippen molar-refractivity contribution in [3.63, 3.8) is 0 Å². The molecule has 1 aliphatic heterocycles. The fraction of sp³-hybridized carbons (Fsp3) is 0.412. The molecule has 3 rings (SSSR count). The molecule has 2 amide bonds. The molecule has 0 radical (unpaired) electrons. The Morgan fingerprint density at radius 3 is 2.88 bits per heavy atom. The zero-order valence-corrected chi connectivity index (χ0v) is 14.3. The molecule has 0 aliphatic carbocycles. The number of piperidine rings is 1. The fourth-order valence-corrected chi connectivity index (χ4v) is 2.82. The van der Waals surface area contributed by atoms with Gasteiger partial charge in [0, 0.05) is 18.7 Å². The maximum atomic E-state index is 12.4. The van der Waals surface area contributed by atoms with Crippen molar-refractivity contribution in [1.29, 1.82) is 0 Å². The van der Waals surface area contributed by atoms with E-state index in [4.69, 9.17) is 4.74 Å². The largest absolute Gasteiger partial charge is 0.495 e. The Morgan fingerprint density at radius 2 is 2.20 bits per heavy atom. The average molecular weight is 343 g/mol. The summed E-state index contributed by atoms with van der Waals surface area (Å²) in [5, 5.41) is 6.83. The molecule has 2 aromatic rings. The van der Waals surface area contributed by atoms with E-state index in [1.165, 1.54) is 17.3 Å². The molecule has 1 aliphatic rings. The first-order valence-corrected chi connectivity index (χ1v) is 8.23. The Morgan fingerprint density at radius 1 is 1.36 bits per heavy atom. The maximum Gasteiger partial charge on any atom is 0.249 e. The number of ether oxygens (including phenoxy) is 1. The first-order chi connectivity index (χ1) is 12.1. The van der Waals surface area contributed by atoms with Crippen molar-refractivity contribution >= 4 is 23.2 Å². The van der Waals surface area contributed by atoms with Crippen molar-refractivity contribution in [3.05, 3.63) is 30.9 Å². The fourth-order valence-electron chi connectivity index (χ4n) is 2.82. The van der Waals surface area contributed by atoms with Crippen molar-refractivity contribution in [3.8, 4) is 5.75 Å². The van der Waals surface area contributed by atoms with Crippen LogP contribution in [0.15, 0.2) is 30.9 Å². The number of amides is 2. The van der Waals surface area contributed by atoms with Crippen LogP contribution in [0.5, 0.6) is 5.75 Å². The van der Waals surface area contributed by atoms with E-state index in [2.05, 4.69) is 15.4 Å². The molecule has 1 fully saturated rings. The lowest BCUT2D eigenvalue weighted by atomic mass is 10.1. The van der Waals surface area contributed by atoms with E-state index in [9.17, 15) is 9.59 Å². The molecule has 8 heteroatoms. The molecule has 1 aromatic carbocycles. The third-order valence-electron chi connectivity index (χ3n) is 4.27. The first-order valence-electron chi connectivity index (χ1n) is 8.23. The standard InChI is InChI=1S/C17H21N5O3/c1-12(22-11-18-10-19-22)17(24)20-13-6-7-15(25-2)14(9-13)21-8-4-3-5-16(21)23/h6-7,9-12H,3-5,8H2,1-2H3,(H,20,24)/t12-/m1/s1. The Bertz CT molecular complexity index is 760. The number of hydrogen-bond acceptors (Lipinski definition) is 5. The average Bonchev–Trinajstić information content (AvgIpc) is 3.16. The number of methoxy groups -OCH3 is 1. The van der Waals surface area contributed by atoms with E-state index < -0.39 is 6.04 Å². The smallest absolute Gasteiger partial charge is 0.249 e. The van der Waals surface area contributed by atoms with E-state index in [0.29, 0.717) is 30.1 Å². The number of benzene rings is 1. The minimum Gasteiger partial charge on any atom is -0.495 e. The summed E-state index contributed by atoms with van der Waals surface area (Å²) in [6, 6.07) is 4.79. The van der Waals surface area contributed by atoms with Gasteiger partial charge in [0.15, 0.2) is 0 Å². The van der Waals surface area contributed by atoms with E-state index in [-0.39, 0.29) is 11.8 Å². The lowest BCUT2D eigenvalue weighted by molar-refractivity contribution is -0.120. The molecule has 8 nitrogen and oxygen atoms in total. The molecule has 1 saturated heterocycles. The van der Waals surface area contributed by atoms with Gasteiger partial charge in [-0.25, -0.2) is 9.67 Å². The number of hydrogen-bond donors (Lipinski definition) is 1. The van der Waals surface area contributed by atoms with Crippen LogP contribution in [0.2, 0.25) is 0 Å². The van der Waals surface area contributed by atoms with E-state index >= 15 is 0 Å². The molecular weight excluding hydrogens is 322 g/mol. The Kier molecular flexibility index (Phi) is 4.97. The molecule has 0 unspecified atom stereocenters. The van der Waals surface area contributed by atoms with Gasteiger partial charge < -0.3 is 15.0 Å². The Hall–Kier alpha value is -2.90. The SMILES string of the molecule is COc1ccc(NC(=O)[C@@H](C)n2cncn2)cc1N1CCCCC1=O. The summed E-state index contributed by atoms with van der Waals surface area (Å²) in [6.45, 7) is 2.39. The number of nitrogens with zero attached hydrogens (tertiary/aromatic N) is 4. The second-order valence-corrected chi connectivity index (χ2v) is 5.93. The van der Waals surface area contributed by atoms with Crippen LogP contribution in [0.3, 0.4) is 0 Å². The number of nitrogens with one attached hydrogen (secondary N) is 1. The number of anilines is 2. The van der Waals surface area contributed by atoms with Crippen molar-refractivity contribution in [1.82, 2.24) is 14.8 Å². The van der Waals surface area contributed by atoms with Gasteiger partial charge in [0.2, 0.25) is 11.8 Å². The molecule has 1 atom stereocenters. The highest BCUT2D eigenvalue weighted by Gasteiger charge is 2.23. The van der Waals surface area contributed by atoms with Crippen LogP contribution < -0.4 is 15.0 Å². The highest BCUT2D eigenvalue weighted by Crippen LogP contribution is 2.33. The Labute approximate surface area is 145 Å². The van der Waals surface area contributed by atoms with Crippen molar-refractivity contribution in [2.45, 2.75) is 32.2 Å². The highest BCUT2D eigenvalue weighted by atomic mass is 16.5. The van der Waals surface area contributed by atoms with Gasteiger partial charge in [-0.2, -0.15) is 5.10 Å². The van der Waals surface area contributed by atoms with Crippen LogP contribution >= 0.6 is 0 Å². The van der Waals surface area contributed by atoms with Gasteiger partial charge in [-0.05, 0) is 38.0 Å². The van der Waals surface area contributed by atoms with Crippen molar-refractivity contribution in [2.75, 3.05) is 23.9 Å². The lowest BCUT2D eigenvalue weighted by Crippen LogP contribution is -2.35. The van der Waals surface area contributed by atoms with Crippen LogP contribution in [-0.4, -0.2) is 40.2 Å². The number of rotatable bonds is 5. The van der Waals surface area contributed by atoms with E-state index in [0.717, 1.165) is 12.8 Å². The number of carbonyl (C=O) groups excluding carboxylic acids is 2. The third kappa shape index (κ3) is 3.62. The quantitative estimate of drug-likeness (QED) is 0.897. The topological polar surface area (TPSA) is 89.3 Å². The predicted molar refractivity (Wildman–Crippen MR) is 92.6 cm³/mol. The number of aromatic nitrogens is 3. The molecule has 1 aromatic heterocycles. The van der Waals surface area contributed by atoms with Gasteiger partial charge in [0.1, 0.15) is 24.4 Å². The summed E-state index contributed by atoms with van der Waals surface area (Å²) in [4.78, 5) is 30.2. The summed E-state index contributed by atoms with van der Waals surface area (Å²) in [6.07, 6.45) is 5.27. The summed E-state index contributed by atoms with van der Waals surface area (Å²) in [5.74, 6) is 0.466. The van der Waals surface area contributed by atoms with Gasteiger partial charge in [0.05, 0.1) is 12.8 Å². The zero-order chi connectivity index (χ0) is 17.8. The van der Waals surface area contributed by atoms with Crippen molar-refractivity contribution in [2.24, 2.45) is 0 Å². The van der Waals surface area contributed by atoms with Crippen LogP contribution in [0.1, 0.15) is 32.2 Å². The van der Waals surface area contributed by atoms with Crippen LogP contribution in [0.25, 0.3) is 0 Å².